The molecule has 0 aromatic heterocycles. The highest BCUT2D eigenvalue weighted by atomic mass is 32.2. The molecule has 92 valence electrons. The van der Waals surface area contributed by atoms with Gasteiger partial charge in [-0.1, -0.05) is 0 Å². The fraction of sp³-hybridized carbons (Fsp3) is 0.125. The average Bonchev–Trinajstić information content (AvgIpc) is 2.27. The highest BCUT2D eigenvalue weighted by Crippen LogP contribution is 2.18. The van der Waals surface area contributed by atoms with Crippen LogP contribution in [0.15, 0.2) is 29.2 Å². The van der Waals surface area contributed by atoms with E-state index in [9.17, 15) is 23.3 Å². The quantitative estimate of drug-likeness (QED) is 0.637. The van der Waals surface area contributed by atoms with Crippen molar-refractivity contribution in [3.63, 3.8) is 0 Å². The highest BCUT2D eigenvalue weighted by molar-refractivity contribution is 7.89. The first kappa shape index (κ1) is 12.9. The van der Waals surface area contributed by atoms with Gasteiger partial charge in [-0.3, -0.25) is 10.1 Å². The van der Waals surface area contributed by atoms with Gasteiger partial charge in [0, 0.05) is 19.2 Å². The lowest BCUT2D eigenvalue weighted by atomic mass is 10.3. The molecule has 0 aliphatic heterocycles. The van der Waals surface area contributed by atoms with Gasteiger partial charge < -0.3 is 5.11 Å². The summed E-state index contributed by atoms with van der Waals surface area (Å²) in [5.74, 6) is 0. The predicted octanol–water partition coefficient (Wildman–Crippen LogP) is 0.893. The largest absolute Gasteiger partial charge is 0.464 e. The summed E-state index contributed by atoms with van der Waals surface area (Å²) in [6, 6.07) is 3.94. The zero-order valence-electron chi connectivity index (χ0n) is 8.60. The summed E-state index contributed by atoms with van der Waals surface area (Å²) >= 11 is 0. The number of nitro benzene ring substituents is 1. The van der Waals surface area contributed by atoms with E-state index in [0.29, 0.717) is 0 Å². The van der Waals surface area contributed by atoms with E-state index in [1.807, 2.05) is 0 Å². The monoisotopic (exact) mass is 260 g/mol. The van der Waals surface area contributed by atoms with Crippen molar-refractivity contribution < 1.29 is 23.2 Å². The summed E-state index contributed by atoms with van der Waals surface area (Å²) in [5.41, 5.74) is -0.276. The Morgan fingerprint density at radius 3 is 2.18 bits per heavy atom. The summed E-state index contributed by atoms with van der Waals surface area (Å²) in [4.78, 5) is 19.9. The first-order valence-electron chi connectivity index (χ1n) is 4.23. The maximum atomic E-state index is 11.6. The van der Waals surface area contributed by atoms with Gasteiger partial charge in [-0.25, -0.2) is 17.5 Å². The molecule has 0 atom stereocenters. The molecule has 0 unspecified atom stereocenters. The van der Waals surface area contributed by atoms with E-state index >= 15 is 0 Å². The third-order valence-electron chi connectivity index (χ3n) is 1.98. The maximum absolute atomic E-state index is 11.6. The normalized spacial score (nSPS) is 10.9. The summed E-state index contributed by atoms with van der Waals surface area (Å²) in [7, 11) is -3.30. The lowest BCUT2D eigenvalue weighted by Gasteiger charge is -2.13. The van der Waals surface area contributed by atoms with Crippen molar-refractivity contribution in [1.29, 1.82) is 0 Å². The Bertz CT molecular complexity index is 550. The molecule has 8 nitrogen and oxygen atoms in total. The van der Waals surface area contributed by atoms with Crippen LogP contribution in [0, 0.1) is 10.1 Å². The first-order valence-corrected chi connectivity index (χ1v) is 5.67. The smallest absolute Gasteiger partial charge is 0.421 e. The Morgan fingerprint density at radius 1 is 1.35 bits per heavy atom. The van der Waals surface area contributed by atoms with Gasteiger partial charge in [0.05, 0.1) is 9.82 Å². The molecule has 1 rings (SSSR count). The molecule has 1 amide bonds. The molecule has 0 fully saturated rings. The van der Waals surface area contributed by atoms with Gasteiger partial charge in [0.1, 0.15) is 0 Å². The summed E-state index contributed by atoms with van der Waals surface area (Å²) < 4.78 is 23.4. The molecule has 1 N–H and O–H groups in total. The summed E-state index contributed by atoms with van der Waals surface area (Å²) in [6.45, 7) is 0. The van der Waals surface area contributed by atoms with Crippen molar-refractivity contribution in [2.45, 2.75) is 4.90 Å². The molecule has 1 aromatic carbocycles. The Balaban J connectivity index is 3.17. The minimum atomic E-state index is -4.17. The molecule has 17 heavy (non-hydrogen) atoms. The molecule has 0 radical (unpaired) electrons. The minimum absolute atomic E-state index is 0.133. The van der Waals surface area contributed by atoms with Crippen LogP contribution < -0.4 is 0 Å². The molecule has 0 bridgehead atoms. The number of benzene rings is 1. The second kappa shape index (κ2) is 4.37. The number of hydrogen-bond donors (Lipinski definition) is 1. The Labute approximate surface area is 96.3 Å². The second-order valence-corrected chi connectivity index (χ2v) is 4.98. The summed E-state index contributed by atoms with van der Waals surface area (Å²) in [6.07, 6.45) is -1.64. The van der Waals surface area contributed by atoms with Gasteiger partial charge in [0.15, 0.2) is 0 Å². The summed E-state index contributed by atoms with van der Waals surface area (Å²) in [5, 5.41) is 18.9. The standard InChI is InChI=1S/C8H8N2O6S/c1-9(8(11)12)17(15,16)7-4-2-6(3-5-7)10(13)14/h2-5H,1H3,(H,11,12). The number of non-ortho nitro benzene ring substituents is 1. The fourth-order valence-electron chi connectivity index (χ4n) is 1.00. The molecule has 0 saturated heterocycles. The third-order valence-corrected chi connectivity index (χ3v) is 3.72. The number of sulfonamides is 1. The lowest BCUT2D eigenvalue weighted by molar-refractivity contribution is -0.384. The molecule has 0 aliphatic carbocycles. The third kappa shape index (κ3) is 2.50. The van der Waals surface area contributed by atoms with E-state index in [4.69, 9.17) is 5.11 Å². The van der Waals surface area contributed by atoms with Gasteiger partial charge in [0.2, 0.25) is 0 Å². The number of carboxylic acid groups (broad SMARTS) is 1. The molecule has 0 spiro atoms. The van der Waals surface area contributed by atoms with Crippen molar-refractivity contribution >= 4 is 21.8 Å². The molecular formula is C8H8N2O6S. The van der Waals surface area contributed by atoms with Crippen molar-refractivity contribution in [1.82, 2.24) is 4.31 Å². The van der Waals surface area contributed by atoms with E-state index in [2.05, 4.69) is 0 Å². The van der Waals surface area contributed by atoms with Crippen LogP contribution >= 0.6 is 0 Å². The number of rotatable bonds is 3. The van der Waals surface area contributed by atoms with Crippen LogP contribution in [0.5, 0.6) is 0 Å². The zero-order valence-corrected chi connectivity index (χ0v) is 9.42. The van der Waals surface area contributed by atoms with Crippen LogP contribution in [0.4, 0.5) is 10.5 Å². The van der Waals surface area contributed by atoms with Crippen molar-refractivity contribution in [2.24, 2.45) is 0 Å². The molecule has 0 heterocycles. The van der Waals surface area contributed by atoms with Crippen LogP contribution in [0.2, 0.25) is 0 Å². The number of amides is 1. The second-order valence-electron chi connectivity index (χ2n) is 3.01. The van der Waals surface area contributed by atoms with Gasteiger partial charge in [0.25, 0.3) is 15.7 Å². The van der Waals surface area contributed by atoms with Crippen LogP contribution in [-0.4, -0.2) is 35.9 Å². The number of hydrogen-bond acceptors (Lipinski definition) is 5. The predicted molar refractivity (Wildman–Crippen MR) is 56.1 cm³/mol. The fourth-order valence-corrected chi connectivity index (χ4v) is 2.00. The van der Waals surface area contributed by atoms with Crippen molar-refractivity contribution in [3.8, 4) is 0 Å². The van der Waals surface area contributed by atoms with E-state index < -0.39 is 21.0 Å². The lowest BCUT2D eigenvalue weighted by Crippen LogP contribution is -2.31. The molecule has 0 saturated carbocycles. The Kier molecular flexibility index (Phi) is 3.32. The van der Waals surface area contributed by atoms with Gasteiger partial charge in [-0.05, 0) is 12.1 Å². The number of nitro groups is 1. The molecule has 9 heteroatoms. The minimum Gasteiger partial charge on any atom is -0.464 e. The van der Waals surface area contributed by atoms with Gasteiger partial charge in [-0.15, -0.1) is 0 Å². The maximum Gasteiger partial charge on any atom is 0.421 e. The zero-order chi connectivity index (χ0) is 13.2. The van der Waals surface area contributed by atoms with Crippen molar-refractivity contribution in [3.05, 3.63) is 34.4 Å². The van der Waals surface area contributed by atoms with Crippen molar-refractivity contribution in [2.75, 3.05) is 7.05 Å². The SMILES string of the molecule is CN(C(=O)O)S(=O)(=O)c1ccc([N+](=O)[O-])cc1. The molecule has 1 aromatic rings. The van der Waals surface area contributed by atoms with Gasteiger partial charge >= 0.3 is 6.09 Å². The Hall–Kier alpha value is -2.16. The van der Waals surface area contributed by atoms with E-state index in [1.165, 1.54) is 0 Å². The van der Waals surface area contributed by atoms with Gasteiger partial charge in [-0.2, -0.15) is 0 Å². The highest BCUT2D eigenvalue weighted by Gasteiger charge is 2.25. The average molecular weight is 260 g/mol. The van der Waals surface area contributed by atoms with E-state index in [0.717, 1.165) is 31.3 Å². The van der Waals surface area contributed by atoms with Crippen LogP contribution in [0.25, 0.3) is 0 Å². The van der Waals surface area contributed by atoms with Crippen LogP contribution in [0.1, 0.15) is 0 Å². The number of carbonyl (C=O) groups is 1. The molecule has 0 aliphatic rings. The van der Waals surface area contributed by atoms with Crippen LogP contribution in [-0.2, 0) is 10.0 Å². The number of nitrogens with zero attached hydrogens (tertiary/aromatic N) is 2. The van der Waals surface area contributed by atoms with Crippen LogP contribution in [0.3, 0.4) is 0 Å². The molecular weight excluding hydrogens is 252 g/mol. The topological polar surface area (TPSA) is 118 Å². The first-order chi connectivity index (χ1) is 7.76. The van der Waals surface area contributed by atoms with E-state index in [-0.39, 0.29) is 14.9 Å². The Morgan fingerprint density at radius 2 is 1.82 bits per heavy atom. The van der Waals surface area contributed by atoms with E-state index in [1.54, 1.807) is 0 Å².